The minimum Gasteiger partial charge on any atom is -0.483 e. The number of aryl methyl sites for hydroxylation is 1. The fourth-order valence-electron chi connectivity index (χ4n) is 4.50. The number of amides is 3. The van der Waals surface area contributed by atoms with Crippen molar-refractivity contribution in [2.24, 2.45) is 5.10 Å². The fraction of sp³-hybridized carbons (Fsp3) is 0.292. The maximum absolute atomic E-state index is 14.5. The van der Waals surface area contributed by atoms with Gasteiger partial charge in [-0.25, -0.2) is 38.1 Å². The topological polar surface area (TPSA) is 125 Å². The van der Waals surface area contributed by atoms with E-state index >= 15 is 0 Å². The van der Waals surface area contributed by atoms with Crippen molar-refractivity contribution in [3.05, 3.63) is 70.4 Å². The van der Waals surface area contributed by atoms with Crippen LogP contribution in [0.25, 0.3) is 5.82 Å². The average molecular weight is 529 g/mol. The second-order valence-corrected chi connectivity index (χ2v) is 8.90. The number of likely N-dealkylation sites (tertiary alicyclic amines) is 1. The number of aromatic nitrogens is 3. The van der Waals surface area contributed by atoms with Crippen LogP contribution < -0.4 is 10.2 Å². The van der Waals surface area contributed by atoms with Gasteiger partial charge in [-0.1, -0.05) is 0 Å². The first-order valence-corrected chi connectivity index (χ1v) is 11.6. The predicted octanol–water partition coefficient (Wildman–Crippen LogP) is 3.04. The SMILES string of the molecule is Cc1nn(-c2cc(OC3CN(C(=O)N4N=CCC4c4cc(F)cc(F)c4)C3)c(F)cn2)c(C)c1C(=O)NO. The normalized spacial score (nSPS) is 17.1. The van der Waals surface area contributed by atoms with Crippen LogP contribution in [0, 0.1) is 31.3 Å². The molecule has 1 saturated heterocycles. The van der Waals surface area contributed by atoms with Crippen LogP contribution in [0.3, 0.4) is 0 Å². The summed E-state index contributed by atoms with van der Waals surface area (Å²) in [6, 6.07) is 3.28. The molecule has 2 aromatic heterocycles. The Morgan fingerprint density at radius 3 is 2.50 bits per heavy atom. The van der Waals surface area contributed by atoms with Gasteiger partial charge in [0.1, 0.15) is 17.7 Å². The molecule has 1 aromatic carbocycles. The lowest BCUT2D eigenvalue weighted by atomic mass is 10.0. The Morgan fingerprint density at radius 1 is 1.11 bits per heavy atom. The predicted molar refractivity (Wildman–Crippen MR) is 125 cm³/mol. The van der Waals surface area contributed by atoms with E-state index in [0.717, 1.165) is 24.4 Å². The minimum absolute atomic E-state index is 0.125. The number of hydrogen-bond donors (Lipinski definition) is 2. The molecular weight excluding hydrogens is 507 g/mol. The maximum Gasteiger partial charge on any atom is 0.341 e. The van der Waals surface area contributed by atoms with E-state index in [0.29, 0.717) is 17.8 Å². The fourth-order valence-corrected chi connectivity index (χ4v) is 4.50. The molecule has 11 nitrogen and oxygen atoms in total. The molecule has 2 aliphatic rings. The van der Waals surface area contributed by atoms with Crippen molar-refractivity contribution in [3.63, 3.8) is 0 Å². The van der Waals surface area contributed by atoms with Crippen LogP contribution in [0.4, 0.5) is 18.0 Å². The Hall–Kier alpha value is -4.46. The lowest BCUT2D eigenvalue weighted by molar-refractivity contribution is 0.0256. The van der Waals surface area contributed by atoms with Gasteiger partial charge in [0.2, 0.25) is 0 Å². The number of carbonyl (C=O) groups is 2. The summed E-state index contributed by atoms with van der Waals surface area (Å²) in [7, 11) is 0. The van der Waals surface area contributed by atoms with Crippen molar-refractivity contribution < 1.29 is 32.7 Å². The third-order valence-electron chi connectivity index (χ3n) is 6.35. The summed E-state index contributed by atoms with van der Waals surface area (Å²) >= 11 is 0. The zero-order chi connectivity index (χ0) is 27.1. The van der Waals surface area contributed by atoms with E-state index < -0.39 is 41.5 Å². The molecule has 38 heavy (non-hydrogen) atoms. The highest BCUT2D eigenvalue weighted by Gasteiger charge is 2.39. The molecule has 1 fully saturated rings. The Labute approximate surface area is 214 Å². The number of hydrogen-bond acceptors (Lipinski definition) is 7. The van der Waals surface area contributed by atoms with Gasteiger partial charge in [-0.15, -0.1) is 0 Å². The first-order valence-electron chi connectivity index (χ1n) is 11.6. The molecule has 0 saturated carbocycles. The van der Waals surface area contributed by atoms with Gasteiger partial charge in [-0.3, -0.25) is 10.0 Å². The van der Waals surface area contributed by atoms with Gasteiger partial charge in [0.15, 0.2) is 17.4 Å². The zero-order valence-electron chi connectivity index (χ0n) is 20.2. The van der Waals surface area contributed by atoms with Crippen molar-refractivity contribution in [3.8, 4) is 11.6 Å². The van der Waals surface area contributed by atoms with E-state index in [1.807, 2.05) is 0 Å². The third kappa shape index (κ3) is 4.53. The van der Waals surface area contributed by atoms with Crippen LogP contribution >= 0.6 is 0 Å². The minimum atomic E-state index is -0.746. The number of urea groups is 1. The van der Waals surface area contributed by atoms with Gasteiger partial charge in [0, 0.05) is 24.8 Å². The van der Waals surface area contributed by atoms with Crippen LogP contribution in [-0.4, -0.2) is 67.2 Å². The Balaban J connectivity index is 1.26. The lowest BCUT2D eigenvalue weighted by Gasteiger charge is -2.41. The number of rotatable bonds is 5. The summed E-state index contributed by atoms with van der Waals surface area (Å²) in [5.41, 5.74) is 2.71. The third-order valence-corrected chi connectivity index (χ3v) is 6.35. The van der Waals surface area contributed by atoms with Gasteiger partial charge >= 0.3 is 6.03 Å². The number of hydrazone groups is 1. The molecular formula is C24H22F3N7O4. The van der Waals surface area contributed by atoms with Crippen LogP contribution in [-0.2, 0) is 0 Å². The highest BCUT2D eigenvalue weighted by molar-refractivity contribution is 5.95. The van der Waals surface area contributed by atoms with E-state index in [4.69, 9.17) is 9.94 Å². The molecule has 5 rings (SSSR count). The van der Waals surface area contributed by atoms with Gasteiger partial charge < -0.3 is 9.64 Å². The summed E-state index contributed by atoms with van der Waals surface area (Å²) in [5.74, 6) is -2.91. The molecule has 1 atom stereocenters. The summed E-state index contributed by atoms with van der Waals surface area (Å²) in [6.45, 7) is 3.44. The standard InChI is InChI=1S/C24H22F3N7O4/c1-12-22(23(35)31-37)13(2)33(30-12)21-8-20(18(27)9-28-21)38-17-10-32(11-17)24(36)34-19(3-4-29-34)14-5-15(25)7-16(26)6-14/h4-9,17,19,37H,3,10-11H2,1-2H3,(H,31,35). The summed E-state index contributed by atoms with van der Waals surface area (Å²) < 4.78 is 48.9. The number of halogens is 3. The Kier molecular flexibility index (Phi) is 6.48. The van der Waals surface area contributed by atoms with E-state index in [1.165, 1.54) is 26.9 Å². The number of pyridine rings is 1. The maximum atomic E-state index is 14.5. The number of benzene rings is 1. The van der Waals surface area contributed by atoms with Crippen molar-refractivity contribution >= 4 is 18.2 Å². The van der Waals surface area contributed by atoms with Gasteiger partial charge in [0.05, 0.1) is 42.3 Å². The number of nitrogens with one attached hydrogen (secondary N) is 1. The second kappa shape index (κ2) is 9.78. The summed E-state index contributed by atoms with van der Waals surface area (Å²) in [4.78, 5) is 30.4. The zero-order valence-corrected chi connectivity index (χ0v) is 20.2. The molecule has 2 aliphatic heterocycles. The molecule has 4 heterocycles. The monoisotopic (exact) mass is 529 g/mol. The van der Waals surface area contributed by atoms with Gasteiger partial charge in [0.25, 0.3) is 5.91 Å². The van der Waals surface area contributed by atoms with Crippen LogP contribution in [0.15, 0.2) is 35.6 Å². The second-order valence-electron chi connectivity index (χ2n) is 8.90. The Morgan fingerprint density at radius 2 is 1.82 bits per heavy atom. The quantitative estimate of drug-likeness (QED) is 0.387. The van der Waals surface area contributed by atoms with Gasteiger partial charge in [-0.2, -0.15) is 10.2 Å². The van der Waals surface area contributed by atoms with Crippen LogP contribution in [0.5, 0.6) is 5.75 Å². The highest BCUT2D eigenvalue weighted by Crippen LogP contribution is 2.32. The first kappa shape index (κ1) is 25.2. The smallest absolute Gasteiger partial charge is 0.341 e. The molecule has 0 radical (unpaired) electrons. The lowest BCUT2D eigenvalue weighted by Crippen LogP contribution is -2.58. The largest absolute Gasteiger partial charge is 0.483 e. The highest BCUT2D eigenvalue weighted by atomic mass is 19.1. The van der Waals surface area contributed by atoms with Crippen molar-refractivity contribution in [2.45, 2.75) is 32.4 Å². The summed E-state index contributed by atoms with van der Waals surface area (Å²) in [6.07, 6.45) is 2.23. The molecule has 3 aromatic rings. The first-order chi connectivity index (χ1) is 18.2. The van der Waals surface area contributed by atoms with Crippen molar-refractivity contribution in [2.75, 3.05) is 13.1 Å². The molecule has 0 aliphatic carbocycles. The number of nitrogens with zero attached hydrogens (tertiary/aromatic N) is 6. The number of hydroxylamine groups is 1. The average Bonchev–Trinajstić information content (AvgIpc) is 3.45. The molecule has 198 valence electrons. The molecule has 2 N–H and O–H groups in total. The molecule has 0 spiro atoms. The van der Waals surface area contributed by atoms with Crippen LogP contribution in [0.1, 0.15) is 39.8 Å². The molecule has 3 amide bonds. The number of ether oxygens (including phenoxy) is 1. The van der Waals surface area contributed by atoms with E-state index in [9.17, 15) is 22.8 Å². The van der Waals surface area contributed by atoms with Crippen LogP contribution in [0.2, 0.25) is 0 Å². The van der Waals surface area contributed by atoms with Gasteiger partial charge in [-0.05, 0) is 31.5 Å². The number of carbonyl (C=O) groups excluding carboxylic acids is 2. The van der Waals surface area contributed by atoms with E-state index in [2.05, 4.69) is 15.2 Å². The van der Waals surface area contributed by atoms with Crippen molar-refractivity contribution in [1.29, 1.82) is 0 Å². The molecule has 0 bridgehead atoms. The van der Waals surface area contributed by atoms with E-state index in [-0.39, 0.29) is 35.8 Å². The Bertz CT molecular complexity index is 1430. The molecule has 14 heteroatoms. The van der Waals surface area contributed by atoms with Crippen molar-refractivity contribution in [1.82, 2.24) is 30.2 Å². The van der Waals surface area contributed by atoms with E-state index in [1.54, 1.807) is 19.3 Å². The molecule has 1 unspecified atom stereocenters. The summed E-state index contributed by atoms with van der Waals surface area (Å²) in [5, 5.41) is 18.4.